The van der Waals surface area contributed by atoms with E-state index in [1.165, 1.54) is 6.92 Å². The molecule has 0 spiro atoms. The summed E-state index contributed by atoms with van der Waals surface area (Å²) in [5.74, 6) is -0.487. The van der Waals surface area contributed by atoms with E-state index >= 15 is 0 Å². The SMILES string of the molecule is CC(C=CC1C(C)(C)CC(O)C(O)C1(C)O)OC1OC(CO)C(O)C(O)C1O. The smallest absolute Gasteiger partial charge is 0.187 e. The van der Waals surface area contributed by atoms with Gasteiger partial charge in [-0.05, 0) is 25.7 Å². The topological polar surface area (TPSA) is 160 Å². The van der Waals surface area contributed by atoms with Crippen molar-refractivity contribution in [3.05, 3.63) is 12.2 Å². The summed E-state index contributed by atoms with van der Waals surface area (Å²) >= 11 is 0. The number of ether oxygens (including phenoxy) is 2. The van der Waals surface area contributed by atoms with Gasteiger partial charge in [0.2, 0.25) is 0 Å². The van der Waals surface area contributed by atoms with Crippen LogP contribution in [0, 0.1) is 11.3 Å². The summed E-state index contributed by atoms with van der Waals surface area (Å²) in [5.41, 5.74) is -2.05. The van der Waals surface area contributed by atoms with Crippen LogP contribution in [0.5, 0.6) is 0 Å². The lowest BCUT2D eigenvalue weighted by Crippen LogP contribution is -2.61. The van der Waals surface area contributed by atoms with E-state index in [1.54, 1.807) is 19.1 Å². The predicted octanol–water partition coefficient (Wildman–Crippen LogP) is -1.73. The van der Waals surface area contributed by atoms with Crippen LogP contribution in [0.25, 0.3) is 0 Å². The van der Waals surface area contributed by atoms with E-state index in [0.717, 1.165) is 0 Å². The molecule has 1 aliphatic carbocycles. The first-order valence-corrected chi connectivity index (χ1v) is 9.55. The predicted molar refractivity (Wildman–Crippen MR) is 98.0 cm³/mol. The van der Waals surface area contributed by atoms with E-state index in [9.17, 15) is 35.7 Å². The summed E-state index contributed by atoms with van der Waals surface area (Å²) in [7, 11) is 0. The normalized spacial score (nSPS) is 48.0. The van der Waals surface area contributed by atoms with E-state index in [4.69, 9.17) is 9.47 Å². The largest absolute Gasteiger partial charge is 0.394 e. The highest BCUT2D eigenvalue weighted by Gasteiger charge is 2.53. The molecule has 164 valence electrons. The molecule has 0 aromatic carbocycles. The maximum absolute atomic E-state index is 10.8. The van der Waals surface area contributed by atoms with Gasteiger partial charge in [0, 0.05) is 5.92 Å². The Hall–Kier alpha value is -0.620. The summed E-state index contributed by atoms with van der Waals surface area (Å²) in [6.07, 6.45) is -6.11. The molecule has 10 atom stereocenters. The Balaban J connectivity index is 2.09. The molecule has 0 bridgehead atoms. The Morgan fingerprint density at radius 1 is 1.07 bits per heavy atom. The molecule has 9 nitrogen and oxygen atoms in total. The van der Waals surface area contributed by atoms with Crippen LogP contribution in [0.4, 0.5) is 0 Å². The maximum atomic E-state index is 10.8. The molecule has 1 aliphatic heterocycles. The fourth-order valence-electron chi connectivity index (χ4n) is 4.30. The van der Waals surface area contributed by atoms with Gasteiger partial charge in [-0.1, -0.05) is 26.0 Å². The van der Waals surface area contributed by atoms with Gasteiger partial charge in [-0.3, -0.25) is 0 Å². The van der Waals surface area contributed by atoms with Crippen LogP contribution in [0.1, 0.15) is 34.1 Å². The number of aliphatic hydroxyl groups excluding tert-OH is 6. The average Bonchev–Trinajstić information content (AvgIpc) is 2.59. The first-order chi connectivity index (χ1) is 12.8. The summed E-state index contributed by atoms with van der Waals surface area (Å²) in [6, 6.07) is 0. The van der Waals surface area contributed by atoms with Crippen LogP contribution < -0.4 is 0 Å². The number of aliphatic hydroxyl groups is 7. The maximum Gasteiger partial charge on any atom is 0.187 e. The lowest BCUT2D eigenvalue weighted by molar-refractivity contribution is -0.306. The van der Waals surface area contributed by atoms with E-state index < -0.39 is 72.6 Å². The fourth-order valence-corrected chi connectivity index (χ4v) is 4.30. The molecule has 1 saturated carbocycles. The van der Waals surface area contributed by atoms with Crippen LogP contribution in [0.2, 0.25) is 0 Å². The minimum absolute atomic E-state index is 0.307. The quantitative estimate of drug-likeness (QED) is 0.263. The molecular weight excluding hydrogens is 372 g/mol. The molecule has 2 aliphatic rings. The molecule has 2 rings (SSSR count). The molecule has 0 aromatic rings. The van der Waals surface area contributed by atoms with Gasteiger partial charge < -0.3 is 45.2 Å². The minimum atomic E-state index is -1.56. The third kappa shape index (κ3) is 4.58. The van der Waals surface area contributed by atoms with Crippen molar-refractivity contribution in [2.75, 3.05) is 6.61 Å². The summed E-state index contributed by atoms with van der Waals surface area (Å²) in [5, 5.41) is 69.9. The van der Waals surface area contributed by atoms with Crippen molar-refractivity contribution in [1.82, 2.24) is 0 Å². The highest BCUT2D eigenvalue weighted by atomic mass is 16.7. The van der Waals surface area contributed by atoms with Crippen molar-refractivity contribution < 1.29 is 45.2 Å². The van der Waals surface area contributed by atoms with E-state index in [-0.39, 0.29) is 0 Å². The van der Waals surface area contributed by atoms with Crippen molar-refractivity contribution in [1.29, 1.82) is 0 Å². The van der Waals surface area contributed by atoms with Gasteiger partial charge in [0.05, 0.1) is 24.4 Å². The molecule has 1 heterocycles. The summed E-state index contributed by atoms with van der Waals surface area (Å²) in [6.45, 7) is 6.35. The molecule has 0 aromatic heterocycles. The zero-order valence-corrected chi connectivity index (χ0v) is 16.7. The minimum Gasteiger partial charge on any atom is -0.394 e. The molecule has 28 heavy (non-hydrogen) atoms. The fraction of sp³-hybridized carbons (Fsp3) is 0.895. The Bertz CT molecular complexity index is 548. The van der Waals surface area contributed by atoms with Gasteiger partial charge in [0.15, 0.2) is 6.29 Å². The standard InChI is InChI=1S/C19H34O9/c1-9(27-17-15(24)14(23)13(22)11(8-20)28-17)5-6-12-18(2,3)7-10(21)16(25)19(12,4)26/h5-6,9-17,20-26H,7-8H2,1-4H3. The Kier molecular flexibility index (Phi) is 7.29. The number of hydrogen-bond acceptors (Lipinski definition) is 9. The van der Waals surface area contributed by atoms with Crippen molar-refractivity contribution in [2.45, 2.75) is 88.7 Å². The van der Waals surface area contributed by atoms with Crippen LogP contribution in [0.3, 0.4) is 0 Å². The van der Waals surface area contributed by atoms with Gasteiger partial charge in [0.1, 0.15) is 30.5 Å². The molecule has 1 saturated heterocycles. The molecule has 10 unspecified atom stereocenters. The molecule has 7 N–H and O–H groups in total. The average molecular weight is 406 g/mol. The Labute approximate surface area is 164 Å². The van der Waals surface area contributed by atoms with Crippen molar-refractivity contribution in [3.63, 3.8) is 0 Å². The lowest BCUT2D eigenvalue weighted by atomic mass is 9.59. The van der Waals surface area contributed by atoms with Gasteiger partial charge >= 0.3 is 0 Å². The Morgan fingerprint density at radius 3 is 2.25 bits per heavy atom. The van der Waals surface area contributed by atoms with E-state index in [1.807, 2.05) is 13.8 Å². The van der Waals surface area contributed by atoms with Crippen molar-refractivity contribution >= 4 is 0 Å². The van der Waals surface area contributed by atoms with Crippen LogP contribution in [0.15, 0.2) is 12.2 Å². The second kappa shape index (κ2) is 8.63. The molecule has 9 heteroatoms. The lowest BCUT2D eigenvalue weighted by Gasteiger charge is -2.51. The first kappa shape index (κ1) is 23.7. The second-order valence-corrected chi connectivity index (χ2v) is 8.83. The van der Waals surface area contributed by atoms with Gasteiger partial charge in [0.25, 0.3) is 0 Å². The van der Waals surface area contributed by atoms with E-state index in [2.05, 4.69) is 0 Å². The highest BCUT2D eigenvalue weighted by Crippen LogP contribution is 2.47. The van der Waals surface area contributed by atoms with Gasteiger partial charge in [-0.25, -0.2) is 0 Å². The zero-order chi connectivity index (χ0) is 21.4. The van der Waals surface area contributed by atoms with Crippen LogP contribution >= 0.6 is 0 Å². The molecular formula is C19H34O9. The third-order valence-corrected chi connectivity index (χ3v) is 5.94. The summed E-state index contributed by atoms with van der Waals surface area (Å²) < 4.78 is 10.9. The van der Waals surface area contributed by atoms with Gasteiger partial charge in [-0.15, -0.1) is 0 Å². The molecule has 2 fully saturated rings. The van der Waals surface area contributed by atoms with Crippen molar-refractivity contribution in [2.24, 2.45) is 11.3 Å². The molecule has 0 amide bonds. The van der Waals surface area contributed by atoms with E-state index in [0.29, 0.717) is 6.42 Å². The first-order valence-electron chi connectivity index (χ1n) is 9.55. The monoisotopic (exact) mass is 406 g/mol. The second-order valence-electron chi connectivity index (χ2n) is 8.83. The third-order valence-electron chi connectivity index (χ3n) is 5.94. The zero-order valence-electron chi connectivity index (χ0n) is 16.7. The summed E-state index contributed by atoms with van der Waals surface area (Å²) in [4.78, 5) is 0. The van der Waals surface area contributed by atoms with Crippen molar-refractivity contribution in [3.8, 4) is 0 Å². The van der Waals surface area contributed by atoms with Gasteiger partial charge in [-0.2, -0.15) is 0 Å². The van der Waals surface area contributed by atoms with Crippen LogP contribution in [-0.2, 0) is 9.47 Å². The number of rotatable bonds is 5. The molecule has 0 radical (unpaired) electrons. The van der Waals surface area contributed by atoms with Crippen LogP contribution in [-0.4, -0.2) is 97.0 Å². The Morgan fingerprint density at radius 2 is 1.68 bits per heavy atom. The highest BCUT2D eigenvalue weighted by molar-refractivity contribution is 5.12. The number of hydrogen-bond donors (Lipinski definition) is 7.